The first-order valence-corrected chi connectivity index (χ1v) is 23.5. The predicted octanol–water partition coefficient (Wildman–Crippen LogP) is 8.68. The molecule has 2 aromatic heterocycles. The Kier molecular flexibility index (Phi) is 13.0. The molecule has 3 heterocycles. The lowest BCUT2D eigenvalue weighted by molar-refractivity contribution is -0.384. The van der Waals surface area contributed by atoms with Crippen LogP contribution in [0.3, 0.4) is 0 Å². The number of aromatic nitrogens is 2. The number of anilines is 2. The lowest BCUT2D eigenvalue weighted by Gasteiger charge is -2.39. The summed E-state index contributed by atoms with van der Waals surface area (Å²) in [5.74, 6) is -0.617. The highest BCUT2D eigenvalue weighted by atomic mass is 35.5. The first kappa shape index (κ1) is 44.6. The number of pyridine rings is 1. The number of rotatable bonds is 13. The number of fused-ring (bicyclic) bond motifs is 1. The monoisotopic (exact) mass is 908 g/mol. The third-order valence-corrected chi connectivity index (χ3v) is 14.1. The van der Waals surface area contributed by atoms with Gasteiger partial charge in [0, 0.05) is 86.2 Å². The molecule has 4 N–H and O–H groups in total. The van der Waals surface area contributed by atoms with Gasteiger partial charge in [-0.1, -0.05) is 43.2 Å². The topological polar surface area (TPSA) is 192 Å². The lowest BCUT2D eigenvalue weighted by atomic mass is 9.72. The Morgan fingerprint density at radius 3 is 2.42 bits per heavy atom. The van der Waals surface area contributed by atoms with E-state index in [1.165, 1.54) is 48.0 Å². The Hall–Kier alpha value is -5.97. The van der Waals surface area contributed by atoms with Crippen LogP contribution in [0.15, 0.2) is 95.7 Å². The van der Waals surface area contributed by atoms with Gasteiger partial charge in [0.15, 0.2) is 0 Å². The number of halogens is 1. The zero-order valence-electron chi connectivity index (χ0n) is 36.2. The fourth-order valence-electron chi connectivity index (χ4n) is 9.06. The van der Waals surface area contributed by atoms with Crippen molar-refractivity contribution in [2.45, 2.75) is 82.7 Å². The van der Waals surface area contributed by atoms with E-state index in [9.17, 15) is 28.1 Å². The lowest BCUT2D eigenvalue weighted by Crippen LogP contribution is -2.47. The van der Waals surface area contributed by atoms with Gasteiger partial charge in [0.2, 0.25) is 5.91 Å². The molecule has 0 atom stereocenters. The standard InChI is InChI=1S/C47H53ClN8O7S/c1-30(57)51-35-8-10-36(11-9-35)52-42-15-13-39(26-43(42)56(59)60)64(61,62)53-46(58)40-14-12-37(25-44(40)63-38-24-32-17-19-49-45(32)50-28-38)55-22-20-54(21-23-55)29-33-16-18-47(2,3)27-41(33)31-4-6-34(48)7-5-31/h4-7,12-15,17,19,24-26,28,35-36,52H,8-11,16,18,20-23,27,29H2,1-3H3,(H,49,50)(H,51,57)(H,53,58)/t35-,36-. The number of H-pyrrole nitrogens is 1. The van der Waals surface area contributed by atoms with Crippen LogP contribution in [0.25, 0.3) is 16.6 Å². The molecule has 0 bridgehead atoms. The summed E-state index contributed by atoms with van der Waals surface area (Å²) in [6, 6.07) is 20.3. The molecule has 15 nitrogen and oxygen atoms in total. The van der Waals surface area contributed by atoms with Crippen LogP contribution in [0, 0.1) is 15.5 Å². The van der Waals surface area contributed by atoms with Gasteiger partial charge in [-0.2, -0.15) is 0 Å². The maximum atomic E-state index is 14.0. The van der Waals surface area contributed by atoms with Gasteiger partial charge in [0.25, 0.3) is 21.6 Å². The van der Waals surface area contributed by atoms with E-state index in [4.69, 9.17) is 16.3 Å². The van der Waals surface area contributed by atoms with Gasteiger partial charge in [0.1, 0.15) is 22.8 Å². The Morgan fingerprint density at radius 1 is 0.969 bits per heavy atom. The normalized spacial score (nSPS) is 19.3. The number of nitro groups is 1. The van der Waals surface area contributed by atoms with Gasteiger partial charge >= 0.3 is 0 Å². The third-order valence-electron chi connectivity index (χ3n) is 12.5. The summed E-state index contributed by atoms with van der Waals surface area (Å²) in [5.41, 5.74) is 5.43. The second-order valence-corrected chi connectivity index (χ2v) is 19.9. The number of carbonyl (C=O) groups excluding carboxylic acids is 2. The van der Waals surface area contributed by atoms with Crippen LogP contribution >= 0.6 is 11.6 Å². The van der Waals surface area contributed by atoms with Gasteiger partial charge in [-0.3, -0.25) is 24.6 Å². The second kappa shape index (κ2) is 18.6. The van der Waals surface area contributed by atoms with Crippen molar-refractivity contribution in [3.05, 3.63) is 117 Å². The first-order chi connectivity index (χ1) is 30.6. The van der Waals surface area contributed by atoms with Gasteiger partial charge in [-0.25, -0.2) is 18.1 Å². The van der Waals surface area contributed by atoms with E-state index < -0.39 is 31.4 Å². The van der Waals surface area contributed by atoms with Gasteiger partial charge in [0.05, 0.1) is 21.6 Å². The number of allylic oxidation sites excluding steroid dienone is 1. The van der Waals surface area contributed by atoms with Gasteiger partial charge in [-0.15, -0.1) is 0 Å². The number of piperazine rings is 1. The summed E-state index contributed by atoms with van der Waals surface area (Å²) in [6.07, 6.45) is 9.18. The fourth-order valence-corrected chi connectivity index (χ4v) is 10.2. The van der Waals surface area contributed by atoms with E-state index in [1.54, 1.807) is 24.4 Å². The average Bonchev–Trinajstić information content (AvgIpc) is 3.73. The number of ether oxygens (including phenoxy) is 1. The molecule has 2 fully saturated rings. The van der Waals surface area contributed by atoms with Crippen LogP contribution < -0.4 is 25.0 Å². The van der Waals surface area contributed by atoms with Crippen molar-refractivity contribution in [1.82, 2.24) is 24.9 Å². The van der Waals surface area contributed by atoms with Crippen molar-refractivity contribution >= 4 is 67.1 Å². The number of amides is 2. The van der Waals surface area contributed by atoms with E-state index in [0.29, 0.717) is 50.2 Å². The molecule has 2 aliphatic carbocycles. The molecule has 3 aromatic carbocycles. The third kappa shape index (κ3) is 10.5. The van der Waals surface area contributed by atoms with Crippen LogP contribution in [0.2, 0.25) is 5.02 Å². The number of sulfonamides is 1. The molecule has 8 rings (SSSR count). The molecule has 1 aliphatic heterocycles. The first-order valence-electron chi connectivity index (χ1n) is 21.7. The van der Waals surface area contributed by atoms with Gasteiger partial charge in [-0.05, 0) is 110 Å². The van der Waals surface area contributed by atoms with Crippen LogP contribution in [0.4, 0.5) is 17.1 Å². The molecule has 0 unspecified atom stereocenters. The molecule has 0 radical (unpaired) electrons. The number of nitro benzene ring substituents is 1. The number of benzene rings is 3. The minimum Gasteiger partial charge on any atom is -0.455 e. The van der Waals surface area contributed by atoms with Crippen LogP contribution in [0.1, 0.15) is 81.6 Å². The second-order valence-electron chi connectivity index (χ2n) is 17.8. The fraction of sp³-hybridized carbons (Fsp3) is 0.383. The van der Waals surface area contributed by atoms with E-state index in [2.05, 4.69) is 61.1 Å². The van der Waals surface area contributed by atoms with Crippen molar-refractivity contribution in [3.63, 3.8) is 0 Å². The average molecular weight is 910 g/mol. The number of carbonyl (C=O) groups is 2. The number of hydrogen-bond donors (Lipinski definition) is 4. The summed E-state index contributed by atoms with van der Waals surface area (Å²) < 4.78 is 35.9. The SMILES string of the molecule is CC(=O)N[C@H]1CC[C@H](Nc2ccc(S(=O)(=O)NC(=O)c3ccc(N4CCN(CC5=C(c6ccc(Cl)cc6)CC(C)(C)CC5)CC4)cc3Oc3cnc4[nH]ccc4c3)cc2[N+](=O)[O-])CC1. The maximum Gasteiger partial charge on any atom is 0.293 e. The Balaban J connectivity index is 0.992. The molecular weight excluding hydrogens is 856 g/mol. The van der Waals surface area contributed by atoms with Crippen molar-refractivity contribution in [2.75, 3.05) is 42.9 Å². The predicted molar refractivity (Wildman–Crippen MR) is 248 cm³/mol. The molecule has 64 heavy (non-hydrogen) atoms. The minimum atomic E-state index is -4.59. The summed E-state index contributed by atoms with van der Waals surface area (Å²) >= 11 is 6.24. The van der Waals surface area contributed by atoms with Crippen LogP contribution in [-0.4, -0.2) is 84.8 Å². The molecule has 2 amide bonds. The molecule has 3 aliphatic rings. The van der Waals surface area contributed by atoms with Crippen molar-refractivity contribution in [3.8, 4) is 11.5 Å². The molecule has 0 spiro atoms. The maximum absolute atomic E-state index is 14.0. The summed E-state index contributed by atoms with van der Waals surface area (Å²) in [7, 11) is -4.59. The summed E-state index contributed by atoms with van der Waals surface area (Å²) in [4.78, 5) is 48.7. The number of aromatic amines is 1. The minimum absolute atomic E-state index is 0.0394. The Bertz CT molecular complexity index is 2700. The molecule has 5 aromatic rings. The number of hydrogen-bond acceptors (Lipinski definition) is 11. The van der Waals surface area contributed by atoms with E-state index in [1.807, 2.05) is 18.2 Å². The summed E-state index contributed by atoms with van der Waals surface area (Å²) in [5, 5.41) is 19.8. The van der Waals surface area contributed by atoms with E-state index in [-0.39, 0.29) is 40.4 Å². The van der Waals surface area contributed by atoms with Crippen LogP contribution in [-0.2, 0) is 14.8 Å². The number of nitrogens with zero attached hydrogens (tertiary/aromatic N) is 4. The summed E-state index contributed by atoms with van der Waals surface area (Å²) in [6.45, 7) is 10.1. The smallest absolute Gasteiger partial charge is 0.293 e. The molecule has 1 saturated heterocycles. The van der Waals surface area contributed by atoms with Crippen molar-refractivity contribution < 1.29 is 27.7 Å². The highest BCUT2D eigenvalue weighted by Crippen LogP contribution is 2.43. The Labute approximate surface area is 377 Å². The van der Waals surface area contributed by atoms with Crippen molar-refractivity contribution in [2.24, 2.45) is 5.41 Å². The quantitative estimate of drug-likeness (QED) is 0.0653. The zero-order chi connectivity index (χ0) is 45.2. The van der Waals surface area contributed by atoms with E-state index >= 15 is 0 Å². The highest BCUT2D eigenvalue weighted by molar-refractivity contribution is 7.90. The molecule has 1 saturated carbocycles. The molecule has 336 valence electrons. The van der Waals surface area contributed by atoms with Gasteiger partial charge < -0.3 is 25.3 Å². The largest absolute Gasteiger partial charge is 0.455 e. The number of nitrogens with one attached hydrogen (secondary N) is 4. The Morgan fingerprint density at radius 2 is 1.70 bits per heavy atom. The molecule has 17 heteroatoms. The van der Waals surface area contributed by atoms with Crippen molar-refractivity contribution in [1.29, 1.82) is 0 Å². The van der Waals surface area contributed by atoms with E-state index in [0.717, 1.165) is 61.1 Å². The zero-order valence-corrected chi connectivity index (χ0v) is 37.7. The molecular formula is C47H53ClN8O7S. The highest BCUT2D eigenvalue weighted by Gasteiger charge is 2.31. The van der Waals surface area contributed by atoms with Crippen LogP contribution in [0.5, 0.6) is 11.5 Å².